The first-order valence-corrected chi connectivity index (χ1v) is 4.73. The van der Waals surface area contributed by atoms with E-state index in [1.165, 1.54) is 0 Å². The number of nitrogens with zero attached hydrogens (tertiary/aromatic N) is 1. The number of carbonyl (C=O) groups excluding carboxylic acids is 1. The Labute approximate surface area is 83.4 Å². The van der Waals surface area contributed by atoms with E-state index in [0.29, 0.717) is 19.7 Å². The zero-order valence-corrected chi connectivity index (χ0v) is 8.25. The minimum absolute atomic E-state index is 0.140. The Morgan fingerprint density at radius 2 is 2.64 bits per heavy atom. The number of nitriles is 1. The number of nitrogens with one attached hydrogen (secondary N) is 2. The van der Waals surface area contributed by atoms with Gasteiger partial charge < -0.3 is 15.4 Å². The summed E-state index contributed by atoms with van der Waals surface area (Å²) in [7, 11) is 0. The third kappa shape index (κ3) is 3.32. The molecule has 2 atom stereocenters. The van der Waals surface area contributed by atoms with Crippen LogP contribution in [-0.2, 0) is 9.53 Å². The van der Waals surface area contributed by atoms with Crippen LogP contribution in [0.4, 0.5) is 0 Å². The molecule has 5 heteroatoms. The third-order valence-corrected chi connectivity index (χ3v) is 2.02. The second kappa shape index (κ2) is 5.58. The highest BCUT2D eigenvalue weighted by Gasteiger charge is 2.21. The van der Waals surface area contributed by atoms with Crippen molar-refractivity contribution >= 4 is 5.91 Å². The maximum absolute atomic E-state index is 11.4. The van der Waals surface area contributed by atoms with E-state index >= 15 is 0 Å². The predicted octanol–water partition coefficient (Wildman–Crippen LogP) is -0.749. The molecule has 0 radical (unpaired) electrons. The van der Waals surface area contributed by atoms with Gasteiger partial charge in [0.05, 0.1) is 18.6 Å². The summed E-state index contributed by atoms with van der Waals surface area (Å²) in [4.78, 5) is 11.4. The molecular formula is C9H15N3O2. The molecule has 1 heterocycles. The molecule has 1 fully saturated rings. The van der Waals surface area contributed by atoms with Crippen LogP contribution in [-0.4, -0.2) is 38.3 Å². The van der Waals surface area contributed by atoms with Crippen molar-refractivity contribution in [2.24, 2.45) is 5.92 Å². The van der Waals surface area contributed by atoms with Crippen LogP contribution in [0.2, 0.25) is 0 Å². The van der Waals surface area contributed by atoms with Gasteiger partial charge in [-0.05, 0) is 6.92 Å². The van der Waals surface area contributed by atoms with Crippen LogP contribution in [0, 0.1) is 17.2 Å². The summed E-state index contributed by atoms with van der Waals surface area (Å²) in [5.41, 5.74) is 0. The summed E-state index contributed by atoms with van der Waals surface area (Å²) >= 11 is 0. The molecule has 0 aromatic rings. The van der Waals surface area contributed by atoms with E-state index in [1.807, 2.05) is 0 Å². The van der Waals surface area contributed by atoms with Gasteiger partial charge in [0, 0.05) is 19.6 Å². The highest BCUT2D eigenvalue weighted by molar-refractivity contribution is 5.81. The fourth-order valence-corrected chi connectivity index (χ4v) is 1.15. The van der Waals surface area contributed by atoms with Gasteiger partial charge in [0.2, 0.25) is 0 Å². The lowest BCUT2D eigenvalue weighted by Crippen LogP contribution is -2.48. The lowest BCUT2D eigenvalue weighted by molar-refractivity contribution is -0.134. The number of morpholine rings is 1. The van der Waals surface area contributed by atoms with Crippen LogP contribution in [0.1, 0.15) is 6.92 Å². The minimum Gasteiger partial charge on any atom is -0.366 e. The monoisotopic (exact) mass is 197 g/mol. The first kappa shape index (κ1) is 11.0. The van der Waals surface area contributed by atoms with Crippen LogP contribution < -0.4 is 10.6 Å². The van der Waals surface area contributed by atoms with E-state index in [0.717, 1.165) is 6.54 Å². The quantitative estimate of drug-likeness (QED) is 0.624. The molecule has 0 bridgehead atoms. The second-order valence-electron chi connectivity index (χ2n) is 3.34. The number of hydrogen-bond donors (Lipinski definition) is 2. The summed E-state index contributed by atoms with van der Waals surface area (Å²) in [6.07, 6.45) is -0.408. The lowest BCUT2D eigenvalue weighted by Gasteiger charge is -2.22. The van der Waals surface area contributed by atoms with Gasteiger partial charge in [-0.25, -0.2) is 0 Å². The van der Waals surface area contributed by atoms with E-state index < -0.39 is 6.10 Å². The molecule has 1 amide bonds. The minimum atomic E-state index is -0.408. The molecule has 0 spiro atoms. The van der Waals surface area contributed by atoms with Gasteiger partial charge in [-0.15, -0.1) is 0 Å². The fraction of sp³-hybridized carbons (Fsp3) is 0.778. The van der Waals surface area contributed by atoms with Crippen molar-refractivity contribution in [3.63, 3.8) is 0 Å². The Kier molecular flexibility index (Phi) is 4.36. The average molecular weight is 197 g/mol. The van der Waals surface area contributed by atoms with Gasteiger partial charge in [0.25, 0.3) is 5.91 Å². The standard InChI is InChI=1S/C9H15N3O2/c1-7(4-10)5-12-9(13)8-6-11-2-3-14-8/h7-8,11H,2-3,5-6H2,1H3,(H,12,13). The van der Waals surface area contributed by atoms with Crippen LogP contribution >= 0.6 is 0 Å². The Morgan fingerprint density at radius 3 is 3.21 bits per heavy atom. The smallest absolute Gasteiger partial charge is 0.250 e. The molecular weight excluding hydrogens is 182 g/mol. The Balaban J connectivity index is 2.24. The Bertz CT molecular complexity index is 231. The largest absolute Gasteiger partial charge is 0.366 e. The summed E-state index contributed by atoms with van der Waals surface area (Å²) in [6.45, 7) is 4.05. The van der Waals surface area contributed by atoms with Crippen molar-refractivity contribution in [2.45, 2.75) is 13.0 Å². The highest BCUT2D eigenvalue weighted by atomic mass is 16.5. The number of hydrogen-bond acceptors (Lipinski definition) is 4. The van der Waals surface area contributed by atoms with E-state index in [2.05, 4.69) is 16.7 Å². The third-order valence-electron chi connectivity index (χ3n) is 2.02. The molecule has 0 aromatic carbocycles. The van der Waals surface area contributed by atoms with Gasteiger partial charge in [-0.3, -0.25) is 4.79 Å². The van der Waals surface area contributed by atoms with Crippen molar-refractivity contribution in [3.05, 3.63) is 0 Å². The average Bonchev–Trinajstić information content (AvgIpc) is 2.26. The van der Waals surface area contributed by atoms with Crippen molar-refractivity contribution in [3.8, 4) is 6.07 Å². The number of carbonyl (C=O) groups is 1. The van der Waals surface area contributed by atoms with E-state index in [-0.39, 0.29) is 11.8 Å². The normalized spacial score (nSPS) is 23.6. The van der Waals surface area contributed by atoms with E-state index in [4.69, 9.17) is 10.00 Å². The summed E-state index contributed by atoms with van der Waals surface area (Å²) in [5, 5.41) is 14.3. The molecule has 1 aliphatic heterocycles. The fourth-order valence-electron chi connectivity index (χ4n) is 1.15. The topological polar surface area (TPSA) is 74.2 Å². The molecule has 2 unspecified atom stereocenters. The van der Waals surface area contributed by atoms with Crippen molar-refractivity contribution in [1.29, 1.82) is 5.26 Å². The van der Waals surface area contributed by atoms with Crippen LogP contribution in [0.3, 0.4) is 0 Å². The molecule has 0 aromatic heterocycles. The zero-order chi connectivity index (χ0) is 10.4. The lowest BCUT2D eigenvalue weighted by atomic mass is 10.2. The molecule has 5 nitrogen and oxygen atoms in total. The highest BCUT2D eigenvalue weighted by Crippen LogP contribution is 1.96. The molecule has 0 aliphatic carbocycles. The first-order chi connectivity index (χ1) is 6.74. The molecule has 14 heavy (non-hydrogen) atoms. The van der Waals surface area contributed by atoms with Crippen molar-refractivity contribution in [1.82, 2.24) is 10.6 Å². The van der Waals surface area contributed by atoms with Crippen LogP contribution in [0.5, 0.6) is 0 Å². The predicted molar refractivity (Wildman–Crippen MR) is 50.4 cm³/mol. The summed E-state index contributed by atoms with van der Waals surface area (Å²) in [5.74, 6) is -0.296. The second-order valence-corrected chi connectivity index (χ2v) is 3.34. The first-order valence-electron chi connectivity index (χ1n) is 4.73. The maximum Gasteiger partial charge on any atom is 0.250 e. The van der Waals surface area contributed by atoms with Gasteiger partial charge in [-0.1, -0.05) is 0 Å². The molecule has 2 N–H and O–H groups in total. The number of amides is 1. The van der Waals surface area contributed by atoms with Gasteiger partial charge in [0.1, 0.15) is 6.10 Å². The van der Waals surface area contributed by atoms with Crippen molar-refractivity contribution < 1.29 is 9.53 Å². The van der Waals surface area contributed by atoms with Crippen LogP contribution in [0.15, 0.2) is 0 Å². The van der Waals surface area contributed by atoms with E-state index in [1.54, 1.807) is 6.92 Å². The van der Waals surface area contributed by atoms with Crippen LogP contribution in [0.25, 0.3) is 0 Å². The SMILES string of the molecule is CC(C#N)CNC(=O)C1CNCCO1. The Morgan fingerprint density at radius 1 is 1.86 bits per heavy atom. The molecule has 1 saturated heterocycles. The maximum atomic E-state index is 11.4. The summed E-state index contributed by atoms with van der Waals surface area (Å²) in [6, 6.07) is 2.05. The van der Waals surface area contributed by atoms with Crippen molar-refractivity contribution in [2.75, 3.05) is 26.2 Å². The molecule has 0 saturated carbocycles. The number of rotatable bonds is 3. The molecule has 78 valence electrons. The zero-order valence-electron chi connectivity index (χ0n) is 8.25. The van der Waals surface area contributed by atoms with Gasteiger partial charge in [-0.2, -0.15) is 5.26 Å². The summed E-state index contributed by atoms with van der Waals surface area (Å²) < 4.78 is 5.25. The van der Waals surface area contributed by atoms with E-state index in [9.17, 15) is 4.79 Å². The number of ether oxygens (including phenoxy) is 1. The molecule has 1 aliphatic rings. The molecule has 1 rings (SSSR count). The van der Waals surface area contributed by atoms with Gasteiger partial charge >= 0.3 is 0 Å². The Hall–Kier alpha value is -1.12. The van der Waals surface area contributed by atoms with Gasteiger partial charge in [0.15, 0.2) is 0 Å².